The molecule has 0 N–H and O–H groups in total. The maximum Gasteiger partial charge on any atom is 0.0367 e. The molecular weight excluding hydrogens is 304 g/mol. The molecule has 0 radical (unpaired) electrons. The highest BCUT2D eigenvalue weighted by Gasteiger charge is 2.17. The summed E-state index contributed by atoms with van der Waals surface area (Å²) in [7, 11) is 0. The van der Waals surface area contributed by atoms with Gasteiger partial charge in [0.2, 0.25) is 0 Å². The van der Waals surface area contributed by atoms with E-state index < -0.39 is 0 Å². The van der Waals surface area contributed by atoms with Crippen LogP contribution in [0.1, 0.15) is 24.8 Å². The molecule has 2 nitrogen and oxygen atoms in total. The third-order valence-corrected chi connectivity index (χ3v) is 4.74. The van der Waals surface area contributed by atoms with Crippen molar-refractivity contribution in [1.29, 1.82) is 0 Å². The Kier molecular flexibility index (Phi) is 6.94. The van der Waals surface area contributed by atoms with Crippen LogP contribution in [-0.2, 0) is 0 Å². The lowest BCUT2D eigenvalue weighted by atomic mass is 9.97. The molecule has 1 atom stereocenters. The van der Waals surface area contributed by atoms with E-state index in [1.165, 1.54) is 37.3 Å². The number of para-hydroxylation sites is 1. The zero-order valence-corrected chi connectivity index (χ0v) is 14.6. The van der Waals surface area contributed by atoms with E-state index >= 15 is 0 Å². The molecule has 0 saturated carbocycles. The molecule has 1 unspecified atom stereocenters. The van der Waals surface area contributed by atoms with Crippen LogP contribution in [0.2, 0.25) is 0 Å². The first-order chi connectivity index (χ1) is 10.8. The topological polar surface area (TPSA) is 6.48 Å². The maximum absolute atomic E-state index is 2.61. The molecule has 3 heteroatoms. The van der Waals surface area contributed by atoms with Crippen molar-refractivity contribution < 1.29 is 12.4 Å². The number of hydrogen-bond acceptors (Lipinski definition) is 2. The summed E-state index contributed by atoms with van der Waals surface area (Å²) in [6.07, 6.45) is 1.25. The molecule has 1 aliphatic rings. The Balaban J connectivity index is 0.00000192. The number of hydrogen-bond donors (Lipinski definition) is 0. The summed E-state index contributed by atoms with van der Waals surface area (Å²) < 4.78 is 0. The number of piperazine rings is 1. The Morgan fingerprint density at radius 2 is 1.39 bits per heavy atom. The molecular formula is C20H26ClN2-. The molecule has 1 fully saturated rings. The fraction of sp³-hybridized carbons (Fsp3) is 0.400. The summed E-state index contributed by atoms with van der Waals surface area (Å²) >= 11 is 0. The number of halogens is 1. The monoisotopic (exact) mass is 329 g/mol. The normalized spacial score (nSPS) is 16.7. The number of nitrogens with zero attached hydrogens (tertiary/aromatic N) is 2. The van der Waals surface area contributed by atoms with Crippen LogP contribution in [0.15, 0.2) is 60.7 Å². The fourth-order valence-electron chi connectivity index (χ4n) is 3.19. The van der Waals surface area contributed by atoms with Crippen molar-refractivity contribution in [1.82, 2.24) is 4.90 Å². The van der Waals surface area contributed by atoms with Crippen molar-refractivity contribution in [2.45, 2.75) is 19.3 Å². The van der Waals surface area contributed by atoms with E-state index in [2.05, 4.69) is 77.4 Å². The highest BCUT2D eigenvalue weighted by molar-refractivity contribution is 5.46. The largest absolute Gasteiger partial charge is 1.00 e. The zero-order valence-electron chi connectivity index (χ0n) is 13.9. The number of rotatable bonds is 5. The third-order valence-electron chi connectivity index (χ3n) is 4.74. The van der Waals surface area contributed by atoms with Gasteiger partial charge in [0.25, 0.3) is 0 Å². The van der Waals surface area contributed by atoms with Gasteiger partial charge >= 0.3 is 0 Å². The summed E-state index contributed by atoms with van der Waals surface area (Å²) in [4.78, 5) is 5.11. The summed E-state index contributed by atoms with van der Waals surface area (Å²) in [5.74, 6) is 0.647. The Labute approximate surface area is 146 Å². The second-order valence-corrected chi connectivity index (χ2v) is 6.26. The zero-order chi connectivity index (χ0) is 15.2. The highest BCUT2D eigenvalue weighted by atomic mass is 35.5. The molecule has 0 aliphatic carbocycles. The van der Waals surface area contributed by atoms with Crippen LogP contribution < -0.4 is 17.3 Å². The van der Waals surface area contributed by atoms with Crippen molar-refractivity contribution in [2.24, 2.45) is 0 Å². The lowest BCUT2D eigenvalue weighted by molar-refractivity contribution is -0.00000448. The Morgan fingerprint density at radius 1 is 0.826 bits per heavy atom. The quantitative estimate of drug-likeness (QED) is 0.808. The van der Waals surface area contributed by atoms with Crippen LogP contribution in [0.25, 0.3) is 0 Å². The van der Waals surface area contributed by atoms with E-state index in [1.807, 2.05) is 0 Å². The molecule has 0 amide bonds. The smallest absolute Gasteiger partial charge is 0.0367 e. The van der Waals surface area contributed by atoms with Gasteiger partial charge in [0.1, 0.15) is 0 Å². The van der Waals surface area contributed by atoms with Gasteiger partial charge in [0, 0.05) is 31.9 Å². The summed E-state index contributed by atoms with van der Waals surface area (Å²) in [6, 6.07) is 21.7. The second kappa shape index (κ2) is 8.95. The standard InChI is InChI=1S/C20H26N2.ClH/c1-18(19-8-4-2-5-9-19)12-13-21-14-16-22(17-15-21)20-10-6-3-7-11-20;/h2-11,18H,12-17H2,1H3;1H/p-1. The van der Waals surface area contributed by atoms with E-state index in [-0.39, 0.29) is 12.4 Å². The van der Waals surface area contributed by atoms with Gasteiger partial charge in [-0.2, -0.15) is 0 Å². The van der Waals surface area contributed by atoms with E-state index in [0.29, 0.717) is 5.92 Å². The van der Waals surface area contributed by atoms with Crippen molar-refractivity contribution >= 4 is 5.69 Å². The minimum Gasteiger partial charge on any atom is -1.00 e. The van der Waals surface area contributed by atoms with Gasteiger partial charge in [0.15, 0.2) is 0 Å². The molecule has 0 aromatic heterocycles. The van der Waals surface area contributed by atoms with E-state index in [1.54, 1.807) is 0 Å². The van der Waals surface area contributed by atoms with Crippen LogP contribution >= 0.6 is 0 Å². The molecule has 1 saturated heterocycles. The second-order valence-electron chi connectivity index (χ2n) is 6.26. The fourth-order valence-corrected chi connectivity index (χ4v) is 3.19. The van der Waals surface area contributed by atoms with Crippen LogP contribution in [0, 0.1) is 0 Å². The molecule has 1 heterocycles. The first-order valence-corrected chi connectivity index (χ1v) is 8.40. The van der Waals surface area contributed by atoms with Gasteiger partial charge in [-0.1, -0.05) is 55.5 Å². The molecule has 1 aliphatic heterocycles. The molecule has 0 bridgehead atoms. The highest BCUT2D eigenvalue weighted by Crippen LogP contribution is 2.20. The van der Waals surface area contributed by atoms with Crippen molar-refractivity contribution in [3.8, 4) is 0 Å². The third kappa shape index (κ3) is 4.98. The first-order valence-electron chi connectivity index (χ1n) is 8.40. The molecule has 2 aromatic carbocycles. The maximum atomic E-state index is 2.61. The Morgan fingerprint density at radius 3 is 2.00 bits per heavy atom. The number of anilines is 1. The Bertz CT molecular complexity index is 550. The van der Waals surface area contributed by atoms with Gasteiger partial charge in [0.05, 0.1) is 0 Å². The van der Waals surface area contributed by atoms with Crippen LogP contribution in [0.5, 0.6) is 0 Å². The molecule has 2 aromatic rings. The van der Waals surface area contributed by atoms with E-state index in [0.717, 1.165) is 13.1 Å². The summed E-state index contributed by atoms with van der Waals surface area (Å²) in [5, 5.41) is 0. The van der Waals surface area contributed by atoms with Gasteiger partial charge in [-0.05, 0) is 36.6 Å². The van der Waals surface area contributed by atoms with Crippen molar-refractivity contribution in [3.05, 3.63) is 66.2 Å². The molecule has 0 spiro atoms. The van der Waals surface area contributed by atoms with E-state index in [9.17, 15) is 0 Å². The summed E-state index contributed by atoms with van der Waals surface area (Å²) in [5.41, 5.74) is 2.82. The van der Waals surface area contributed by atoms with Crippen LogP contribution in [-0.4, -0.2) is 37.6 Å². The SMILES string of the molecule is CC(CCN1CCN(c2ccccc2)CC1)c1ccccc1.[Cl-]. The summed E-state index contributed by atoms with van der Waals surface area (Å²) in [6.45, 7) is 8.19. The molecule has 3 rings (SSSR count). The van der Waals surface area contributed by atoms with Gasteiger partial charge in [-0.15, -0.1) is 0 Å². The molecule has 124 valence electrons. The van der Waals surface area contributed by atoms with Crippen molar-refractivity contribution in [3.63, 3.8) is 0 Å². The van der Waals surface area contributed by atoms with E-state index in [4.69, 9.17) is 0 Å². The van der Waals surface area contributed by atoms with Crippen molar-refractivity contribution in [2.75, 3.05) is 37.6 Å². The minimum absolute atomic E-state index is 0. The van der Waals surface area contributed by atoms with Gasteiger partial charge in [-0.3, -0.25) is 4.90 Å². The number of benzene rings is 2. The van der Waals surface area contributed by atoms with Crippen LogP contribution in [0.3, 0.4) is 0 Å². The average molecular weight is 330 g/mol. The Hall–Kier alpha value is -1.51. The van der Waals surface area contributed by atoms with Crippen LogP contribution in [0.4, 0.5) is 5.69 Å². The lowest BCUT2D eigenvalue weighted by Gasteiger charge is -2.36. The lowest BCUT2D eigenvalue weighted by Crippen LogP contribution is -3.00. The average Bonchev–Trinajstić information content (AvgIpc) is 2.61. The predicted molar refractivity (Wildman–Crippen MR) is 94.6 cm³/mol. The predicted octanol–water partition coefficient (Wildman–Crippen LogP) is 1.01. The first kappa shape index (κ1) is 17.8. The molecule has 23 heavy (non-hydrogen) atoms. The van der Waals surface area contributed by atoms with Gasteiger partial charge in [-0.25, -0.2) is 0 Å². The minimum atomic E-state index is 0. The van der Waals surface area contributed by atoms with Gasteiger partial charge < -0.3 is 17.3 Å².